The normalized spacial score (nSPS) is 46.8. The fourth-order valence-electron chi connectivity index (χ4n) is 2.55. The van der Waals surface area contributed by atoms with Gasteiger partial charge in [-0.2, -0.15) is 0 Å². The quantitative estimate of drug-likeness (QED) is 0.563. The molecule has 13 heavy (non-hydrogen) atoms. The van der Waals surface area contributed by atoms with Crippen LogP contribution in [0, 0.1) is 0 Å². The molecule has 4 atom stereocenters. The molecule has 0 aromatic rings. The molecule has 0 bridgehead atoms. The number of nitrogens with zero attached hydrogens (tertiary/aromatic N) is 1. The number of ether oxygens (including phenoxy) is 2. The summed E-state index contributed by atoms with van der Waals surface area (Å²) in [7, 11) is 0. The van der Waals surface area contributed by atoms with Crippen LogP contribution >= 0.6 is 0 Å². The number of cyclic esters (lactones) is 1. The van der Waals surface area contributed by atoms with Crippen LogP contribution in [0.5, 0.6) is 0 Å². The lowest BCUT2D eigenvalue weighted by Gasteiger charge is -2.31. The van der Waals surface area contributed by atoms with E-state index in [0.29, 0.717) is 18.8 Å². The first-order valence-electron chi connectivity index (χ1n) is 4.92. The summed E-state index contributed by atoms with van der Waals surface area (Å²) in [5.41, 5.74) is 0. The second kappa shape index (κ2) is 2.38. The average molecular weight is 183 g/mol. The molecule has 4 heteroatoms. The Kier molecular flexibility index (Phi) is 1.39. The molecule has 0 spiro atoms. The van der Waals surface area contributed by atoms with Crippen molar-refractivity contribution in [2.75, 3.05) is 6.61 Å². The number of carbonyl (C=O) groups excluding carboxylic acids is 1. The molecule has 0 aliphatic carbocycles. The highest BCUT2D eigenvalue weighted by Gasteiger charge is 2.58. The van der Waals surface area contributed by atoms with E-state index in [0.717, 1.165) is 12.8 Å². The minimum Gasteiger partial charge on any atom is -0.447 e. The van der Waals surface area contributed by atoms with Crippen molar-refractivity contribution >= 4 is 6.09 Å². The van der Waals surface area contributed by atoms with Gasteiger partial charge in [-0.15, -0.1) is 0 Å². The van der Waals surface area contributed by atoms with Crippen molar-refractivity contribution in [3.05, 3.63) is 0 Å². The lowest BCUT2D eigenvalue weighted by atomic mass is 9.96. The monoisotopic (exact) mass is 183 g/mol. The number of rotatable bonds is 1. The summed E-state index contributed by atoms with van der Waals surface area (Å²) in [5.74, 6) is 0. The largest absolute Gasteiger partial charge is 0.447 e. The summed E-state index contributed by atoms with van der Waals surface area (Å²) in [5, 5.41) is 0. The van der Waals surface area contributed by atoms with E-state index in [1.807, 2.05) is 4.90 Å². The Morgan fingerprint density at radius 1 is 1.62 bits per heavy atom. The zero-order chi connectivity index (χ0) is 9.00. The topological polar surface area (TPSA) is 42.1 Å². The summed E-state index contributed by atoms with van der Waals surface area (Å²) in [6, 6.07) is 0.542. The van der Waals surface area contributed by atoms with Crippen molar-refractivity contribution in [1.82, 2.24) is 4.90 Å². The molecule has 3 rings (SSSR count). The van der Waals surface area contributed by atoms with Gasteiger partial charge < -0.3 is 9.47 Å². The molecule has 0 unspecified atom stereocenters. The Morgan fingerprint density at radius 3 is 3.23 bits per heavy atom. The van der Waals surface area contributed by atoms with E-state index in [4.69, 9.17) is 9.47 Å². The van der Waals surface area contributed by atoms with E-state index in [1.165, 1.54) is 0 Å². The summed E-state index contributed by atoms with van der Waals surface area (Å²) in [6.45, 7) is 2.63. The van der Waals surface area contributed by atoms with E-state index in [1.54, 1.807) is 0 Å². The van der Waals surface area contributed by atoms with Crippen LogP contribution in [0.3, 0.4) is 0 Å². The summed E-state index contributed by atoms with van der Waals surface area (Å²) in [6.07, 6.45) is 2.52. The molecule has 3 aliphatic rings. The average Bonchev–Trinajstić information content (AvgIpc) is 2.82. The maximum atomic E-state index is 11.4. The number of carbonyl (C=O) groups is 1. The fraction of sp³-hybridized carbons (Fsp3) is 0.889. The van der Waals surface area contributed by atoms with E-state index in [2.05, 4.69) is 6.92 Å². The van der Waals surface area contributed by atoms with Crippen molar-refractivity contribution in [2.45, 2.75) is 44.1 Å². The van der Waals surface area contributed by atoms with Gasteiger partial charge in [-0.25, -0.2) is 4.79 Å². The van der Waals surface area contributed by atoms with Gasteiger partial charge in [0.1, 0.15) is 12.7 Å². The molecular weight excluding hydrogens is 170 g/mol. The van der Waals surface area contributed by atoms with Crippen molar-refractivity contribution in [3.63, 3.8) is 0 Å². The highest BCUT2D eigenvalue weighted by molar-refractivity contribution is 5.71. The van der Waals surface area contributed by atoms with Gasteiger partial charge in [0.25, 0.3) is 0 Å². The molecule has 0 aromatic heterocycles. The predicted octanol–water partition coefficient (Wildman–Crippen LogP) is 0.757. The lowest BCUT2D eigenvalue weighted by Crippen LogP contribution is -2.49. The Balaban J connectivity index is 1.87. The van der Waals surface area contributed by atoms with Crippen LogP contribution in [0.15, 0.2) is 0 Å². The van der Waals surface area contributed by atoms with Gasteiger partial charge in [0.2, 0.25) is 0 Å². The smallest absolute Gasteiger partial charge is 0.410 e. The molecule has 0 saturated carbocycles. The standard InChI is InChI=1S/C9H13NO3/c1-2-5-3-7-8(13-7)6-4-12-9(11)10(5)6/h5-8H,2-4H2,1H3/t5-,6-,7-,8+/m1/s1. The first-order chi connectivity index (χ1) is 6.31. The highest BCUT2D eigenvalue weighted by Crippen LogP contribution is 2.42. The van der Waals surface area contributed by atoms with Gasteiger partial charge in [-0.1, -0.05) is 6.92 Å². The molecule has 3 fully saturated rings. The van der Waals surface area contributed by atoms with E-state index < -0.39 is 0 Å². The molecule has 0 aromatic carbocycles. The minimum atomic E-state index is -0.147. The van der Waals surface area contributed by atoms with Crippen LogP contribution in [0.2, 0.25) is 0 Å². The van der Waals surface area contributed by atoms with Gasteiger partial charge in [-0.05, 0) is 12.8 Å². The second-order valence-electron chi connectivity index (χ2n) is 3.99. The Morgan fingerprint density at radius 2 is 2.46 bits per heavy atom. The third-order valence-electron chi connectivity index (χ3n) is 3.32. The fourth-order valence-corrected chi connectivity index (χ4v) is 2.55. The highest BCUT2D eigenvalue weighted by atomic mass is 16.6. The number of amides is 1. The lowest BCUT2D eigenvalue weighted by molar-refractivity contribution is 0.134. The summed E-state index contributed by atoms with van der Waals surface area (Å²) >= 11 is 0. The van der Waals surface area contributed by atoms with Crippen molar-refractivity contribution in [2.24, 2.45) is 0 Å². The maximum Gasteiger partial charge on any atom is 0.410 e. The Labute approximate surface area is 76.8 Å². The molecule has 3 heterocycles. The van der Waals surface area contributed by atoms with Crippen molar-refractivity contribution in [1.29, 1.82) is 0 Å². The van der Waals surface area contributed by atoms with Gasteiger partial charge in [0.05, 0.1) is 12.1 Å². The van der Waals surface area contributed by atoms with Gasteiger partial charge >= 0.3 is 6.09 Å². The summed E-state index contributed by atoms with van der Waals surface area (Å²) in [4.78, 5) is 13.3. The van der Waals surface area contributed by atoms with Crippen LogP contribution < -0.4 is 0 Å². The number of piperidine rings is 1. The Hall–Kier alpha value is -0.770. The first kappa shape index (κ1) is 7.62. The molecule has 72 valence electrons. The predicted molar refractivity (Wildman–Crippen MR) is 44.3 cm³/mol. The molecular formula is C9H13NO3. The SMILES string of the molecule is CC[C@@H]1C[C@H]2O[C@H]2[C@H]2COC(=O)N12. The van der Waals surface area contributed by atoms with Crippen molar-refractivity contribution in [3.8, 4) is 0 Å². The van der Waals surface area contributed by atoms with Crippen LogP contribution in [-0.2, 0) is 9.47 Å². The molecule has 0 radical (unpaired) electrons. The molecule has 0 N–H and O–H groups in total. The number of epoxide rings is 1. The molecule has 3 saturated heterocycles. The molecule has 3 aliphatic heterocycles. The zero-order valence-electron chi connectivity index (χ0n) is 7.60. The van der Waals surface area contributed by atoms with Gasteiger partial charge in [0, 0.05) is 6.04 Å². The van der Waals surface area contributed by atoms with Crippen molar-refractivity contribution < 1.29 is 14.3 Å². The van der Waals surface area contributed by atoms with E-state index in [-0.39, 0.29) is 18.2 Å². The molecule has 1 amide bonds. The summed E-state index contributed by atoms with van der Waals surface area (Å²) < 4.78 is 10.5. The third-order valence-corrected chi connectivity index (χ3v) is 3.32. The van der Waals surface area contributed by atoms with Crippen LogP contribution in [0.1, 0.15) is 19.8 Å². The first-order valence-corrected chi connectivity index (χ1v) is 4.92. The Bertz CT molecular complexity index is 255. The second-order valence-corrected chi connectivity index (χ2v) is 3.99. The number of hydrogen-bond donors (Lipinski definition) is 0. The number of fused-ring (bicyclic) bond motifs is 3. The maximum absolute atomic E-state index is 11.4. The zero-order valence-corrected chi connectivity index (χ0v) is 7.60. The molecule has 4 nitrogen and oxygen atoms in total. The van der Waals surface area contributed by atoms with Gasteiger partial charge in [-0.3, -0.25) is 4.90 Å². The van der Waals surface area contributed by atoms with Crippen LogP contribution in [0.4, 0.5) is 4.79 Å². The minimum absolute atomic E-state index is 0.147. The van der Waals surface area contributed by atoms with Crippen LogP contribution in [0.25, 0.3) is 0 Å². The van der Waals surface area contributed by atoms with E-state index >= 15 is 0 Å². The van der Waals surface area contributed by atoms with E-state index in [9.17, 15) is 4.79 Å². The van der Waals surface area contributed by atoms with Gasteiger partial charge in [0.15, 0.2) is 0 Å². The van der Waals surface area contributed by atoms with Crippen LogP contribution in [-0.4, -0.2) is 41.9 Å². The third kappa shape index (κ3) is 0.921. The number of hydrogen-bond acceptors (Lipinski definition) is 3.